The Morgan fingerprint density at radius 3 is 1.25 bits per heavy atom. The van der Waals surface area contributed by atoms with Gasteiger partial charge in [0.2, 0.25) is 0 Å². The van der Waals surface area contributed by atoms with Gasteiger partial charge < -0.3 is 9.80 Å². The molecule has 0 N–H and O–H groups in total. The zero-order valence-electron chi connectivity index (χ0n) is 42.4. The first kappa shape index (κ1) is 24.9. The van der Waals surface area contributed by atoms with E-state index in [1.165, 1.54) is 0 Å². The number of hydrogen-bond acceptors (Lipinski definition) is 2. The zero-order valence-corrected chi connectivity index (χ0v) is 32.4. The Morgan fingerprint density at radius 1 is 0.328 bits per heavy atom. The highest BCUT2D eigenvalue weighted by molar-refractivity contribution is 7.00. The molecule has 2 heterocycles. The Hall–Kier alpha value is -7.88. The van der Waals surface area contributed by atoms with Gasteiger partial charge in [-0.1, -0.05) is 164 Å². The number of fused-ring (bicyclic) bond motifs is 17. The van der Waals surface area contributed by atoms with Crippen molar-refractivity contribution in [3.8, 4) is 0 Å². The molecule has 12 aromatic carbocycles. The van der Waals surface area contributed by atoms with Crippen LogP contribution in [-0.2, 0) is 0 Å². The van der Waals surface area contributed by atoms with E-state index in [0.29, 0.717) is 28.2 Å². The Bertz CT molecular complexity index is 4390. The van der Waals surface area contributed by atoms with Crippen LogP contribution in [0, 0.1) is 0 Å². The first-order valence-corrected chi connectivity index (χ1v) is 20.5. The number of hydrogen-bond donors (Lipinski definition) is 0. The van der Waals surface area contributed by atoms with Gasteiger partial charge in [-0.2, -0.15) is 0 Å². The number of para-hydroxylation sites is 1. The van der Waals surface area contributed by atoms with Crippen molar-refractivity contribution >= 4 is 133 Å². The predicted octanol–water partition coefficient (Wildman–Crippen LogP) is 13.8. The second-order valence-corrected chi connectivity index (χ2v) is 16.0. The van der Waals surface area contributed by atoms with Gasteiger partial charge in [-0.3, -0.25) is 0 Å². The summed E-state index contributed by atoms with van der Waals surface area (Å²) in [7, 11) is 0. The normalized spacial score (nSPS) is 15.4. The lowest BCUT2D eigenvalue weighted by atomic mass is 9.33. The minimum atomic E-state index is -1.07. The Morgan fingerprint density at radius 2 is 0.738 bits per heavy atom. The third-order valence-corrected chi connectivity index (χ3v) is 13.0. The van der Waals surface area contributed by atoms with Crippen LogP contribution in [0.3, 0.4) is 0 Å². The fraction of sp³-hybridized carbons (Fsp3) is 0. The molecule has 3 heteroatoms. The Kier molecular flexibility index (Phi) is 5.03. The van der Waals surface area contributed by atoms with Gasteiger partial charge in [0.05, 0.1) is 13.7 Å². The van der Waals surface area contributed by atoms with E-state index in [9.17, 15) is 9.60 Å². The minimum Gasteiger partial charge on any atom is -0.311 e. The van der Waals surface area contributed by atoms with Crippen molar-refractivity contribution in [1.82, 2.24) is 0 Å². The van der Waals surface area contributed by atoms with Crippen LogP contribution in [0.15, 0.2) is 212 Å². The van der Waals surface area contributed by atoms with Crippen LogP contribution < -0.4 is 26.2 Å². The molecular formula is C58H35BN2. The van der Waals surface area contributed by atoms with E-state index in [1.807, 2.05) is 88.7 Å². The zero-order chi connectivity index (χ0) is 48.5. The van der Waals surface area contributed by atoms with Gasteiger partial charge in [-0.05, 0) is 140 Å². The van der Waals surface area contributed by atoms with E-state index in [2.05, 4.69) is 72.8 Å². The highest BCUT2D eigenvalue weighted by Crippen LogP contribution is 2.47. The van der Waals surface area contributed by atoms with Gasteiger partial charge in [0.25, 0.3) is 6.71 Å². The molecule has 0 bridgehead atoms. The minimum absolute atomic E-state index is 0.106. The van der Waals surface area contributed by atoms with Crippen LogP contribution in [0.5, 0.6) is 0 Å². The molecule has 2 aliphatic heterocycles. The van der Waals surface area contributed by atoms with E-state index in [1.54, 1.807) is 0 Å². The standard InChI is InChI=1S/C58H35BN2/c1-2-15-37-33-57-53(32-36(37)14-1)59-52-24-11-12-25-54(52)60(38-28-30-48-44-20-5-3-16-40(44)42-18-7-9-22-46(42)50(48)34-38)55-26-13-27-56(58(55)59)61(57)39-29-31-49-45-21-6-4-17-41(45)43-19-8-10-23-47(43)51(49)35-39/h1-35H/i1D,2D,11D,12D,14D,15D,24D,25D,32D,33D. The molecule has 280 valence electrons. The summed E-state index contributed by atoms with van der Waals surface area (Å²) in [5.41, 5.74) is 3.90. The molecule has 0 atom stereocenters. The fourth-order valence-electron chi connectivity index (χ4n) is 10.5. The van der Waals surface area contributed by atoms with Crippen LogP contribution >= 0.6 is 0 Å². The summed E-state index contributed by atoms with van der Waals surface area (Å²) in [4.78, 5) is 3.83. The van der Waals surface area contributed by atoms with Crippen molar-refractivity contribution in [2.45, 2.75) is 0 Å². The fourth-order valence-corrected chi connectivity index (χ4v) is 10.5. The average Bonchev–Trinajstić information content (AvgIpc) is 3.41. The highest BCUT2D eigenvalue weighted by Gasteiger charge is 2.43. The largest absolute Gasteiger partial charge is 0.311 e. The number of benzene rings is 12. The molecule has 0 unspecified atom stereocenters. The van der Waals surface area contributed by atoms with Crippen LogP contribution in [0.25, 0.3) is 75.4 Å². The summed E-state index contributed by atoms with van der Waals surface area (Å²) < 4.78 is 94.2. The van der Waals surface area contributed by atoms with Crippen LogP contribution in [0.4, 0.5) is 34.1 Å². The Balaban J connectivity index is 1.14. The molecule has 2 nitrogen and oxygen atoms in total. The van der Waals surface area contributed by atoms with Gasteiger partial charge in [0.15, 0.2) is 0 Å². The molecule has 0 radical (unpaired) electrons. The lowest BCUT2D eigenvalue weighted by Crippen LogP contribution is -2.61. The molecule has 61 heavy (non-hydrogen) atoms. The molecule has 2 aliphatic rings. The van der Waals surface area contributed by atoms with E-state index in [-0.39, 0.29) is 57.2 Å². The maximum Gasteiger partial charge on any atom is 0.252 e. The quantitative estimate of drug-likeness (QED) is 0.127. The maximum atomic E-state index is 10.2. The monoisotopic (exact) mass is 780 g/mol. The summed E-state index contributed by atoms with van der Waals surface area (Å²) in [5, 5.41) is 12.3. The molecule has 0 saturated carbocycles. The molecule has 0 aromatic heterocycles. The number of rotatable bonds is 2. The first-order valence-electron chi connectivity index (χ1n) is 25.5. The summed E-state index contributed by atoms with van der Waals surface area (Å²) in [6.45, 7) is -1.07. The van der Waals surface area contributed by atoms with Crippen LogP contribution in [0.2, 0.25) is 0 Å². The second kappa shape index (κ2) is 12.3. The summed E-state index contributed by atoms with van der Waals surface area (Å²) >= 11 is 0. The van der Waals surface area contributed by atoms with Gasteiger partial charge in [-0.15, -0.1) is 0 Å². The van der Waals surface area contributed by atoms with Gasteiger partial charge in [0.1, 0.15) is 0 Å². The van der Waals surface area contributed by atoms with E-state index in [0.717, 1.165) is 64.6 Å². The van der Waals surface area contributed by atoms with Crippen molar-refractivity contribution in [3.63, 3.8) is 0 Å². The second-order valence-electron chi connectivity index (χ2n) is 16.0. The molecular weight excluding hydrogens is 735 g/mol. The van der Waals surface area contributed by atoms with Crippen LogP contribution in [-0.4, -0.2) is 6.71 Å². The van der Waals surface area contributed by atoms with Crippen LogP contribution in [0.1, 0.15) is 13.7 Å². The highest BCUT2D eigenvalue weighted by atomic mass is 15.2. The number of nitrogens with zero attached hydrogens (tertiary/aromatic N) is 2. The lowest BCUT2D eigenvalue weighted by Gasteiger charge is -2.44. The SMILES string of the molecule is [2H]c1c([2H])c([2H])c2c(c1[2H])B1c3c(cccc3N(c3ccc4c5ccccc5c5ccccc5c4c3)c3c1c([2H])c1c([2H])c([2H])c([2H])c([2H])c1c3[2H])N2c1ccc2c3ccccc3c3ccccc3c2c1. The van der Waals surface area contributed by atoms with Crippen molar-refractivity contribution < 1.29 is 13.7 Å². The summed E-state index contributed by atoms with van der Waals surface area (Å²) in [5.74, 6) is 0. The maximum absolute atomic E-state index is 10.2. The predicted molar refractivity (Wildman–Crippen MR) is 263 cm³/mol. The first-order chi connectivity index (χ1) is 34.5. The molecule has 0 fully saturated rings. The third-order valence-electron chi connectivity index (χ3n) is 13.0. The van der Waals surface area contributed by atoms with Gasteiger partial charge in [-0.25, -0.2) is 0 Å². The smallest absolute Gasteiger partial charge is 0.252 e. The van der Waals surface area contributed by atoms with E-state index < -0.39 is 43.0 Å². The summed E-state index contributed by atoms with van der Waals surface area (Å²) in [6, 6.07) is 47.2. The Labute approximate surface area is 367 Å². The number of anilines is 6. The van der Waals surface area contributed by atoms with E-state index >= 15 is 0 Å². The summed E-state index contributed by atoms with van der Waals surface area (Å²) in [6.07, 6.45) is 0. The molecule has 0 amide bonds. The van der Waals surface area contributed by atoms with Crippen molar-refractivity contribution in [3.05, 3.63) is 212 Å². The topological polar surface area (TPSA) is 6.48 Å². The average molecular weight is 781 g/mol. The van der Waals surface area contributed by atoms with E-state index in [4.69, 9.17) is 4.11 Å². The van der Waals surface area contributed by atoms with Gasteiger partial charge in [0, 0.05) is 34.1 Å². The third kappa shape index (κ3) is 4.52. The van der Waals surface area contributed by atoms with Crippen molar-refractivity contribution in [2.24, 2.45) is 0 Å². The molecule has 0 saturated heterocycles. The van der Waals surface area contributed by atoms with Gasteiger partial charge >= 0.3 is 0 Å². The molecule has 0 spiro atoms. The van der Waals surface area contributed by atoms with Crippen molar-refractivity contribution in [2.75, 3.05) is 9.80 Å². The molecule has 0 aliphatic carbocycles. The lowest BCUT2D eigenvalue weighted by molar-refractivity contribution is 1.26. The molecule has 14 rings (SSSR count). The van der Waals surface area contributed by atoms with Crippen molar-refractivity contribution in [1.29, 1.82) is 0 Å². The molecule has 12 aromatic rings.